The monoisotopic (exact) mass is 287 g/mol. The van der Waals surface area contributed by atoms with Gasteiger partial charge in [-0.2, -0.15) is 0 Å². The normalized spacial score (nSPS) is 12.8. The number of hydrogen-bond donors (Lipinski definition) is 3. The van der Waals surface area contributed by atoms with Gasteiger partial charge in [-0.25, -0.2) is 0 Å². The first-order chi connectivity index (χ1) is 9.97. The van der Waals surface area contributed by atoms with Gasteiger partial charge in [0.05, 0.1) is 11.2 Å². The number of nitrogens with two attached hydrogens (primary N) is 1. The molecule has 0 aliphatic carbocycles. The third-order valence-electron chi connectivity index (χ3n) is 3.73. The van der Waals surface area contributed by atoms with Crippen LogP contribution >= 0.6 is 0 Å². The first kappa shape index (κ1) is 15.4. The summed E-state index contributed by atoms with van der Waals surface area (Å²) in [5, 5.41) is 4.00. The molecule has 0 saturated heterocycles. The van der Waals surface area contributed by atoms with Crippen LogP contribution in [0.15, 0.2) is 24.3 Å². The topological polar surface area (TPSA) is 70.9 Å². The molecule has 2 rings (SSSR count). The summed E-state index contributed by atoms with van der Waals surface area (Å²) in [6.45, 7) is 6.49. The van der Waals surface area contributed by atoms with Crippen molar-refractivity contribution < 1.29 is 4.79 Å². The Morgan fingerprint density at radius 3 is 2.71 bits per heavy atom. The van der Waals surface area contributed by atoms with E-state index in [9.17, 15) is 4.79 Å². The molecule has 0 bridgehead atoms. The van der Waals surface area contributed by atoms with E-state index in [0.717, 1.165) is 23.7 Å². The molecule has 1 aromatic carbocycles. The Morgan fingerprint density at radius 2 is 2.05 bits per heavy atom. The second kappa shape index (κ2) is 6.66. The van der Waals surface area contributed by atoms with E-state index in [1.54, 1.807) is 0 Å². The van der Waals surface area contributed by atoms with E-state index in [-0.39, 0.29) is 11.9 Å². The quantitative estimate of drug-likeness (QED) is 0.709. The predicted molar refractivity (Wildman–Crippen MR) is 88.3 cm³/mol. The molecule has 0 radical (unpaired) electrons. The summed E-state index contributed by atoms with van der Waals surface area (Å²) in [5.74, 6) is 0.646. The van der Waals surface area contributed by atoms with Crippen molar-refractivity contribution in [2.75, 3.05) is 5.73 Å². The number of carbonyl (C=O) groups excluding carboxylic acids is 1. The summed E-state index contributed by atoms with van der Waals surface area (Å²) in [5.41, 5.74) is 7.96. The Bertz CT molecular complexity index is 616. The molecule has 114 valence electrons. The number of amides is 1. The van der Waals surface area contributed by atoms with E-state index in [1.165, 1.54) is 6.42 Å². The van der Waals surface area contributed by atoms with Crippen LogP contribution in [0.2, 0.25) is 0 Å². The highest BCUT2D eigenvalue weighted by atomic mass is 16.1. The first-order valence-corrected chi connectivity index (χ1v) is 7.65. The van der Waals surface area contributed by atoms with E-state index in [4.69, 9.17) is 5.73 Å². The largest absolute Gasteiger partial charge is 0.397 e. The molecule has 1 amide bonds. The standard InChI is InChI=1S/C17H25N3O/c1-11(2)6-4-7-12(3)19-17(21)15-10-13-8-5-9-14(18)16(13)20-15/h5,8-12,20H,4,6-7,18H2,1-3H3,(H,19,21). The zero-order valence-corrected chi connectivity index (χ0v) is 13.1. The number of aromatic amines is 1. The van der Waals surface area contributed by atoms with Crippen LogP contribution in [0.5, 0.6) is 0 Å². The van der Waals surface area contributed by atoms with Gasteiger partial charge in [-0.3, -0.25) is 4.79 Å². The molecule has 1 atom stereocenters. The smallest absolute Gasteiger partial charge is 0.267 e. The average Bonchev–Trinajstić information content (AvgIpc) is 2.83. The summed E-state index contributed by atoms with van der Waals surface area (Å²) in [4.78, 5) is 15.4. The van der Waals surface area contributed by atoms with Crippen LogP contribution in [0.25, 0.3) is 10.9 Å². The van der Waals surface area contributed by atoms with Crippen molar-refractivity contribution in [3.63, 3.8) is 0 Å². The number of nitrogen functional groups attached to an aromatic ring is 1. The predicted octanol–water partition coefficient (Wildman–Crippen LogP) is 3.69. The lowest BCUT2D eigenvalue weighted by molar-refractivity contribution is 0.0933. The van der Waals surface area contributed by atoms with Crippen molar-refractivity contribution in [1.82, 2.24) is 10.3 Å². The maximum Gasteiger partial charge on any atom is 0.267 e. The number of anilines is 1. The highest BCUT2D eigenvalue weighted by molar-refractivity contribution is 6.00. The zero-order valence-electron chi connectivity index (χ0n) is 13.1. The second-order valence-corrected chi connectivity index (χ2v) is 6.19. The number of rotatable bonds is 6. The maximum absolute atomic E-state index is 12.2. The van der Waals surface area contributed by atoms with Crippen LogP contribution in [-0.2, 0) is 0 Å². The number of carbonyl (C=O) groups is 1. The van der Waals surface area contributed by atoms with Crippen LogP contribution in [0, 0.1) is 5.92 Å². The Balaban J connectivity index is 1.97. The van der Waals surface area contributed by atoms with Crippen LogP contribution in [0.3, 0.4) is 0 Å². The van der Waals surface area contributed by atoms with Crippen LogP contribution in [-0.4, -0.2) is 16.9 Å². The fraction of sp³-hybridized carbons (Fsp3) is 0.471. The van der Waals surface area contributed by atoms with Crippen LogP contribution in [0.1, 0.15) is 50.5 Å². The molecular weight excluding hydrogens is 262 g/mol. The van der Waals surface area contributed by atoms with Crippen molar-refractivity contribution in [3.05, 3.63) is 30.0 Å². The fourth-order valence-corrected chi connectivity index (χ4v) is 2.51. The lowest BCUT2D eigenvalue weighted by Gasteiger charge is -2.13. The van der Waals surface area contributed by atoms with Crippen molar-refractivity contribution in [3.8, 4) is 0 Å². The summed E-state index contributed by atoms with van der Waals surface area (Å²) in [7, 11) is 0. The molecule has 1 unspecified atom stereocenters. The second-order valence-electron chi connectivity index (χ2n) is 6.19. The molecule has 1 heterocycles. The molecule has 2 aromatic rings. The van der Waals surface area contributed by atoms with Gasteiger partial charge < -0.3 is 16.0 Å². The Kier molecular flexibility index (Phi) is 4.89. The van der Waals surface area contributed by atoms with E-state index < -0.39 is 0 Å². The van der Waals surface area contributed by atoms with Gasteiger partial charge in [-0.05, 0) is 31.4 Å². The molecule has 4 nitrogen and oxygen atoms in total. The van der Waals surface area contributed by atoms with Gasteiger partial charge in [0.2, 0.25) is 0 Å². The van der Waals surface area contributed by atoms with Gasteiger partial charge in [0.15, 0.2) is 0 Å². The highest BCUT2D eigenvalue weighted by Gasteiger charge is 2.13. The molecule has 0 aliphatic rings. The SMILES string of the molecule is CC(C)CCCC(C)NC(=O)c1cc2cccc(N)c2[nH]1. The van der Waals surface area contributed by atoms with Gasteiger partial charge in [0.1, 0.15) is 5.69 Å². The minimum atomic E-state index is -0.0670. The van der Waals surface area contributed by atoms with Gasteiger partial charge in [-0.1, -0.05) is 38.8 Å². The molecule has 0 aliphatic heterocycles. The lowest BCUT2D eigenvalue weighted by atomic mass is 10.0. The van der Waals surface area contributed by atoms with Crippen molar-refractivity contribution in [1.29, 1.82) is 0 Å². The Hall–Kier alpha value is -1.97. The fourth-order valence-electron chi connectivity index (χ4n) is 2.51. The number of benzene rings is 1. The number of aromatic nitrogens is 1. The molecule has 21 heavy (non-hydrogen) atoms. The minimum absolute atomic E-state index is 0.0670. The number of para-hydroxylation sites is 1. The first-order valence-electron chi connectivity index (χ1n) is 7.65. The van der Waals surface area contributed by atoms with E-state index >= 15 is 0 Å². The molecule has 0 spiro atoms. The third-order valence-corrected chi connectivity index (χ3v) is 3.73. The molecule has 1 aromatic heterocycles. The summed E-state index contributed by atoms with van der Waals surface area (Å²) in [6, 6.07) is 7.70. The summed E-state index contributed by atoms with van der Waals surface area (Å²) in [6.07, 6.45) is 3.34. The number of fused-ring (bicyclic) bond motifs is 1. The highest BCUT2D eigenvalue weighted by Crippen LogP contribution is 2.21. The van der Waals surface area contributed by atoms with Gasteiger partial charge in [-0.15, -0.1) is 0 Å². The molecular formula is C17H25N3O. The number of H-pyrrole nitrogens is 1. The van der Waals surface area contributed by atoms with E-state index in [0.29, 0.717) is 17.3 Å². The van der Waals surface area contributed by atoms with Crippen molar-refractivity contribution >= 4 is 22.5 Å². The lowest BCUT2D eigenvalue weighted by Crippen LogP contribution is -2.32. The number of nitrogens with one attached hydrogen (secondary N) is 2. The third kappa shape index (κ3) is 4.00. The number of hydrogen-bond acceptors (Lipinski definition) is 2. The van der Waals surface area contributed by atoms with Gasteiger partial charge in [0.25, 0.3) is 5.91 Å². The molecule has 0 saturated carbocycles. The Morgan fingerprint density at radius 1 is 1.29 bits per heavy atom. The molecule has 4 heteroatoms. The van der Waals surface area contributed by atoms with Crippen LogP contribution < -0.4 is 11.1 Å². The molecule has 0 fully saturated rings. The minimum Gasteiger partial charge on any atom is -0.397 e. The van der Waals surface area contributed by atoms with Crippen LogP contribution in [0.4, 0.5) is 5.69 Å². The van der Waals surface area contributed by atoms with Crippen molar-refractivity contribution in [2.45, 2.75) is 46.1 Å². The van der Waals surface area contributed by atoms with Gasteiger partial charge in [0, 0.05) is 11.4 Å². The maximum atomic E-state index is 12.2. The van der Waals surface area contributed by atoms with Gasteiger partial charge >= 0.3 is 0 Å². The van der Waals surface area contributed by atoms with Crippen molar-refractivity contribution in [2.24, 2.45) is 5.92 Å². The zero-order chi connectivity index (χ0) is 15.4. The summed E-state index contributed by atoms with van der Waals surface area (Å²) >= 11 is 0. The molecule has 4 N–H and O–H groups in total. The average molecular weight is 287 g/mol. The van der Waals surface area contributed by atoms with E-state index in [2.05, 4.69) is 31.1 Å². The Labute approximate surface area is 126 Å². The van der Waals surface area contributed by atoms with E-state index in [1.807, 2.05) is 24.3 Å². The summed E-state index contributed by atoms with van der Waals surface area (Å²) < 4.78 is 0.